The van der Waals surface area contributed by atoms with E-state index >= 15 is 0 Å². The SMILES string of the molecule is O=S1(=O)c2ccccc2CN1Cc1cccc(C(F)(F)F)c1. The Morgan fingerprint density at radius 1 is 1.05 bits per heavy atom. The van der Waals surface area contributed by atoms with Gasteiger partial charge in [0.15, 0.2) is 0 Å². The zero-order valence-electron chi connectivity index (χ0n) is 11.3. The molecule has 0 atom stereocenters. The molecule has 0 bridgehead atoms. The molecule has 2 aromatic carbocycles. The molecule has 0 aromatic heterocycles. The molecule has 1 aliphatic rings. The van der Waals surface area contributed by atoms with Crippen LogP contribution in [-0.2, 0) is 29.3 Å². The summed E-state index contributed by atoms with van der Waals surface area (Å²) >= 11 is 0. The number of rotatable bonds is 2. The molecule has 0 saturated carbocycles. The largest absolute Gasteiger partial charge is 0.416 e. The third-order valence-electron chi connectivity index (χ3n) is 3.55. The summed E-state index contributed by atoms with van der Waals surface area (Å²) in [7, 11) is -3.64. The molecule has 1 heterocycles. The van der Waals surface area contributed by atoms with Crippen molar-refractivity contribution in [1.29, 1.82) is 0 Å². The zero-order chi connectivity index (χ0) is 16.0. The van der Waals surface area contributed by atoms with Crippen molar-refractivity contribution in [2.75, 3.05) is 0 Å². The van der Waals surface area contributed by atoms with Crippen LogP contribution in [0.5, 0.6) is 0 Å². The van der Waals surface area contributed by atoms with E-state index in [0.717, 1.165) is 12.1 Å². The lowest BCUT2D eigenvalue weighted by Crippen LogP contribution is -2.24. The molecular formula is C15H12F3NO2S. The molecule has 3 nitrogen and oxygen atoms in total. The first-order valence-electron chi connectivity index (χ1n) is 6.53. The van der Waals surface area contributed by atoms with Gasteiger partial charge in [0.25, 0.3) is 0 Å². The van der Waals surface area contributed by atoms with Crippen molar-refractivity contribution < 1.29 is 21.6 Å². The van der Waals surface area contributed by atoms with E-state index in [0.29, 0.717) is 11.1 Å². The van der Waals surface area contributed by atoms with Gasteiger partial charge in [-0.3, -0.25) is 0 Å². The highest BCUT2D eigenvalue weighted by Gasteiger charge is 2.35. The summed E-state index contributed by atoms with van der Waals surface area (Å²) in [6.07, 6.45) is -4.44. The smallest absolute Gasteiger partial charge is 0.207 e. The molecule has 0 saturated heterocycles. The second-order valence-corrected chi connectivity index (χ2v) is 6.99. The van der Waals surface area contributed by atoms with Gasteiger partial charge in [0.05, 0.1) is 10.5 Å². The van der Waals surface area contributed by atoms with Crippen LogP contribution in [0.25, 0.3) is 0 Å². The van der Waals surface area contributed by atoms with Crippen molar-refractivity contribution in [3.63, 3.8) is 0 Å². The average molecular weight is 327 g/mol. The van der Waals surface area contributed by atoms with E-state index in [2.05, 4.69) is 0 Å². The van der Waals surface area contributed by atoms with Gasteiger partial charge in [-0.25, -0.2) is 8.42 Å². The van der Waals surface area contributed by atoms with Gasteiger partial charge in [-0.2, -0.15) is 17.5 Å². The minimum Gasteiger partial charge on any atom is -0.207 e. The molecule has 0 spiro atoms. The number of hydrogen-bond acceptors (Lipinski definition) is 2. The lowest BCUT2D eigenvalue weighted by atomic mass is 10.1. The van der Waals surface area contributed by atoms with Gasteiger partial charge in [0, 0.05) is 13.1 Å². The fourth-order valence-electron chi connectivity index (χ4n) is 2.49. The summed E-state index contributed by atoms with van der Waals surface area (Å²) in [4.78, 5) is 0.224. The van der Waals surface area contributed by atoms with Crippen LogP contribution >= 0.6 is 0 Å². The van der Waals surface area contributed by atoms with Crippen molar-refractivity contribution in [2.24, 2.45) is 0 Å². The Balaban J connectivity index is 1.90. The number of hydrogen-bond donors (Lipinski definition) is 0. The molecule has 0 N–H and O–H groups in total. The molecular weight excluding hydrogens is 315 g/mol. The number of fused-ring (bicyclic) bond motifs is 1. The van der Waals surface area contributed by atoms with Gasteiger partial charge in [0.1, 0.15) is 0 Å². The van der Waals surface area contributed by atoms with Crippen LogP contribution in [0.3, 0.4) is 0 Å². The molecule has 116 valence electrons. The third kappa shape index (κ3) is 2.62. The maximum absolute atomic E-state index is 12.7. The van der Waals surface area contributed by atoms with E-state index in [1.807, 2.05) is 0 Å². The van der Waals surface area contributed by atoms with E-state index in [1.165, 1.54) is 22.5 Å². The Kier molecular flexibility index (Phi) is 3.49. The molecule has 1 aliphatic heterocycles. The minimum atomic E-state index is -4.44. The zero-order valence-corrected chi connectivity index (χ0v) is 12.2. The van der Waals surface area contributed by atoms with Crippen molar-refractivity contribution in [2.45, 2.75) is 24.2 Å². The van der Waals surface area contributed by atoms with E-state index in [4.69, 9.17) is 0 Å². The lowest BCUT2D eigenvalue weighted by Gasteiger charge is -2.15. The van der Waals surface area contributed by atoms with Gasteiger partial charge >= 0.3 is 6.18 Å². The summed E-state index contributed by atoms with van der Waals surface area (Å²) in [5.41, 5.74) is 0.194. The van der Waals surface area contributed by atoms with E-state index in [1.54, 1.807) is 18.2 Å². The Bertz CT molecular complexity index is 816. The molecule has 0 fully saturated rings. The molecule has 22 heavy (non-hydrogen) atoms. The molecule has 2 aromatic rings. The average Bonchev–Trinajstić information content (AvgIpc) is 2.70. The normalized spacial score (nSPS) is 17.4. The van der Waals surface area contributed by atoms with Gasteiger partial charge in [-0.15, -0.1) is 0 Å². The van der Waals surface area contributed by atoms with Crippen LogP contribution < -0.4 is 0 Å². The Hall–Kier alpha value is -1.86. The fraction of sp³-hybridized carbons (Fsp3) is 0.200. The number of benzene rings is 2. The summed E-state index contributed by atoms with van der Waals surface area (Å²) < 4.78 is 64.1. The third-order valence-corrected chi connectivity index (χ3v) is 5.44. The second-order valence-electron chi connectivity index (χ2n) is 5.08. The predicted octanol–water partition coefficient (Wildman–Crippen LogP) is 3.41. The highest BCUT2D eigenvalue weighted by Crippen LogP contribution is 2.33. The standard InChI is InChI=1S/C15H12F3NO2S/c16-15(17,18)13-6-3-4-11(8-13)9-19-10-12-5-1-2-7-14(12)22(19,20)21/h1-8H,9-10H2. The highest BCUT2D eigenvalue weighted by atomic mass is 32.2. The number of nitrogens with zero attached hydrogens (tertiary/aromatic N) is 1. The topological polar surface area (TPSA) is 37.4 Å². The molecule has 3 rings (SSSR count). The van der Waals surface area contributed by atoms with Crippen molar-refractivity contribution >= 4 is 10.0 Å². The summed E-state index contributed by atoms with van der Waals surface area (Å²) in [5.74, 6) is 0. The van der Waals surface area contributed by atoms with Crippen LogP contribution in [0.4, 0.5) is 13.2 Å². The molecule has 0 radical (unpaired) electrons. The van der Waals surface area contributed by atoms with E-state index < -0.39 is 21.8 Å². The van der Waals surface area contributed by atoms with Gasteiger partial charge in [-0.05, 0) is 23.3 Å². The number of sulfonamides is 1. The first kappa shape index (κ1) is 15.1. The minimum absolute atomic E-state index is 0.0824. The maximum atomic E-state index is 12.7. The van der Waals surface area contributed by atoms with Crippen molar-refractivity contribution in [3.05, 3.63) is 65.2 Å². The van der Waals surface area contributed by atoms with Gasteiger partial charge in [-0.1, -0.05) is 36.4 Å². The van der Waals surface area contributed by atoms with Crippen LogP contribution in [-0.4, -0.2) is 12.7 Å². The van der Waals surface area contributed by atoms with Crippen LogP contribution in [0.2, 0.25) is 0 Å². The second kappa shape index (κ2) is 5.10. The van der Waals surface area contributed by atoms with E-state index in [9.17, 15) is 21.6 Å². The summed E-state index contributed by atoms with van der Waals surface area (Å²) in [6.45, 7) is 0.0929. The maximum Gasteiger partial charge on any atom is 0.416 e. The molecule has 0 amide bonds. The summed E-state index contributed by atoms with van der Waals surface area (Å²) in [6, 6.07) is 11.3. The van der Waals surface area contributed by atoms with Crippen molar-refractivity contribution in [1.82, 2.24) is 4.31 Å². The highest BCUT2D eigenvalue weighted by molar-refractivity contribution is 7.89. The fourth-order valence-corrected chi connectivity index (χ4v) is 4.11. The van der Waals surface area contributed by atoms with Crippen LogP contribution in [0.15, 0.2) is 53.4 Å². The molecule has 0 aliphatic carbocycles. The molecule has 0 unspecified atom stereocenters. The van der Waals surface area contributed by atoms with Crippen LogP contribution in [0.1, 0.15) is 16.7 Å². The Morgan fingerprint density at radius 3 is 2.45 bits per heavy atom. The van der Waals surface area contributed by atoms with Gasteiger partial charge < -0.3 is 0 Å². The summed E-state index contributed by atoms with van der Waals surface area (Å²) in [5, 5.41) is 0. The first-order valence-corrected chi connectivity index (χ1v) is 7.97. The van der Waals surface area contributed by atoms with Crippen molar-refractivity contribution in [3.8, 4) is 0 Å². The van der Waals surface area contributed by atoms with Gasteiger partial charge in [0.2, 0.25) is 10.0 Å². The quantitative estimate of drug-likeness (QED) is 0.848. The molecule has 7 heteroatoms. The van der Waals surface area contributed by atoms with Crippen LogP contribution in [0, 0.1) is 0 Å². The number of halogens is 3. The van der Waals surface area contributed by atoms with E-state index in [-0.39, 0.29) is 18.0 Å². The number of alkyl halides is 3. The first-order chi connectivity index (χ1) is 10.3. The predicted molar refractivity (Wildman–Crippen MR) is 74.3 cm³/mol. The Labute approximate surface area is 126 Å². The lowest BCUT2D eigenvalue weighted by molar-refractivity contribution is -0.137. The Morgan fingerprint density at radius 2 is 1.77 bits per heavy atom. The monoisotopic (exact) mass is 327 g/mol.